The van der Waals surface area contributed by atoms with E-state index < -0.39 is 10.8 Å². The minimum absolute atomic E-state index is 0.00343. The Morgan fingerprint density at radius 3 is 2.76 bits per heavy atom. The number of ether oxygens (including phenoxy) is 1. The van der Waals surface area contributed by atoms with Crippen LogP contribution in [0, 0.1) is 10.1 Å². The molecule has 0 spiro atoms. The Labute approximate surface area is 119 Å². The molecule has 0 bridgehead atoms. The summed E-state index contributed by atoms with van der Waals surface area (Å²) in [4.78, 5) is 25.7. The fraction of sp³-hybridized carbons (Fsp3) is 0.0769. The van der Waals surface area contributed by atoms with Gasteiger partial charge in [-0.1, -0.05) is 18.2 Å². The topological polar surface area (TPSA) is 120 Å². The maximum atomic E-state index is 11.4. The van der Waals surface area contributed by atoms with Gasteiger partial charge < -0.3 is 4.74 Å². The van der Waals surface area contributed by atoms with Crippen LogP contribution in [0.3, 0.4) is 0 Å². The molecule has 21 heavy (non-hydrogen) atoms. The highest BCUT2D eigenvalue weighted by atomic mass is 16.6. The molecule has 0 fully saturated rings. The van der Waals surface area contributed by atoms with Gasteiger partial charge in [-0.25, -0.2) is 10.8 Å². The summed E-state index contributed by atoms with van der Waals surface area (Å²) in [6.45, 7) is -0.00343. The van der Waals surface area contributed by atoms with E-state index >= 15 is 0 Å². The highest BCUT2D eigenvalue weighted by Crippen LogP contribution is 2.26. The van der Waals surface area contributed by atoms with Gasteiger partial charge in [-0.05, 0) is 18.2 Å². The van der Waals surface area contributed by atoms with Crippen LogP contribution < -0.4 is 16.0 Å². The monoisotopic (exact) mass is 288 g/mol. The zero-order chi connectivity index (χ0) is 15.2. The van der Waals surface area contributed by atoms with Crippen LogP contribution in [0.4, 0.5) is 5.69 Å². The van der Waals surface area contributed by atoms with Crippen molar-refractivity contribution < 1.29 is 14.5 Å². The molecule has 1 heterocycles. The molecule has 1 amide bonds. The second-order valence-corrected chi connectivity index (χ2v) is 4.00. The van der Waals surface area contributed by atoms with E-state index in [1.807, 2.05) is 5.43 Å². The van der Waals surface area contributed by atoms with Crippen LogP contribution >= 0.6 is 0 Å². The van der Waals surface area contributed by atoms with Crippen molar-refractivity contribution in [3.63, 3.8) is 0 Å². The van der Waals surface area contributed by atoms with Gasteiger partial charge in [0.25, 0.3) is 5.91 Å². The van der Waals surface area contributed by atoms with Crippen molar-refractivity contribution in [2.75, 3.05) is 0 Å². The average molecular weight is 288 g/mol. The zero-order valence-corrected chi connectivity index (χ0v) is 10.9. The van der Waals surface area contributed by atoms with Gasteiger partial charge in [-0.15, -0.1) is 0 Å². The molecule has 8 nitrogen and oxygen atoms in total. The Morgan fingerprint density at radius 2 is 2.05 bits per heavy atom. The molecule has 0 aliphatic rings. The standard InChI is InChI=1S/C13H12N4O4/c14-16-13(18)10-5-3-4-9(15-10)8-21-12-7-2-1-6-11(12)17(19)20/h1-7H,8,14H2,(H,16,18). The maximum Gasteiger partial charge on any atom is 0.310 e. The normalized spacial score (nSPS) is 9.95. The first-order chi connectivity index (χ1) is 10.1. The molecule has 0 saturated heterocycles. The number of aromatic nitrogens is 1. The van der Waals surface area contributed by atoms with Crippen LogP contribution in [0.15, 0.2) is 42.5 Å². The predicted octanol–water partition coefficient (Wildman–Crippen LogP) is 1.17. The summed E-state index contributed by atoms with van der Waals surface area (Å²) in [5.41, 5.74) is 2.44. The molecule has 2 rings (SSSR count). The van der Waals surface area contributed by atoms with Gasteiger partial charge in [0, 0.05) is 6.07 Å². The summed E-state index contributed by atoms with van der Waals surface area (Å²) in [6, 6.07) is 10.8. The van der Waals surface area contributed by atoms with Crippen molar-refractivity contribution in [2.24, 2.45) is 5.84 Å². The van der Waals surface area contributed by atoms with Gasteiger partial charge in [0.1, 0.15) is 12.3 Å². The number of benzene rings is 1. The van der Waals surface area contributed by atoms with E-state index in [1.54, 1.807) is 24.3 Å². The first-order valence-electron chi connectivity index (χ1n) is 5.95. The molecule has 0 radical (unpaired) electrons. The van der Waals surface area contributed by atoms with Crippen LogP contribution in [0.5, 0.6) is 5.75 Å². The number of rotatable bonds is 5. The lowest BCUT2D eigenvalue weighted by Crippen LogP contribution is -2.30. The fourth-order valence-electron chi connectivity index (χ4n) is 1.64. The number of hydrogen-bond acceptors (Lipinski definition) is 6. The van der Waals surface area contributed by atoms with Gasteiger partial charge in [-0.2, -0.15) is 0 Å². The Bertz CT molecular complexity index is 675. The number of carbonyl (C=O) groups is 1. The van der Waals surface area contributed by atoms with Crippen molar-refractivity contribution in [1.29, 1.82) is 0 Å². The summed E-state index contributed by atoms with van der Waals surface area (Å²) >= 11 is 0. The number of nitrogens with one attached hydrogen (secondary N) is 1. The second-order valence-electron chi connectivity index (χ2n) is 4.00. The minimum atomic E-state index is -0.527. The molecule has 1 aromatic carbocycles. The van der Waals surface area contributed by atoms with Crippen LogP contribution in [-0.4, -0.2) is 15.8 Å². The Hall–Kier alpha value is -3.00. The van der Waals surface area contributed by atoms with Crippen LogP contribution in [0.2, 0.25) is 0 Å². The number of nitrogens with two attached hydrogens (primary N) is 1. The first-order valence-corrected chi connectivity index (χ1v) is 5.95. The van der Waals surface area contributed by atoms with Crippen molar-refractivity contribution in [2.45, 2.75) is 6.61 Å². The third-order valence-corrected chi connectivity index (χ3v) is 2.61. The van der Waals surface area contributed by atoms with E-state index in [4.69, 9.17) is 10.6 Å². The minimum Gasteiger partial charge on any atom is -0.480 e. The molecular formula is C13H12N4O4. The van der Waals surface area contributed by atoms with E-state index in [1.165, 1.54) is 18.2 Å². The van der Waals surface area contributed by atoms with Crippen molar-refractivity contribution >= 4 is 11.6 Å². The lowest BCUT2D eigenvalue weighted by atomic mass is 10.3. The highest BCUT2D eigenvalue weighted by Gasteiger charge is 2.14. The average Bonchev–Trinajstić information content (AvgIpc) is 2.52. The number of hydrogen-bond donors (Lipinski definition) is 2. The highest BCUT2D eigenvalue weighted by molar-refractivity contribution is 5.91. The molecule has 0 aliphatic heterocycles. The van der Waals surface area contributed by atoms with Gasteiger partial charge in [-0.3, -0.25) is 20.3 Å². The molecule has 0 atom stereocenters. The molecule has 0 aliphatic carbocycles. The van der Waals surface area contributed by atoms with Gasteiger partial charge >= 0.3 is 5.69 Å². The molecule has 1 aromatic heterocycles. The van der Waals surface area contributed by atoms with Crippen molar-refractivity contribution in [1.82, 2.24) is 10.4 Å². The number of amides is 1. The summed E-state index contributed by atoms with van der Waals surface area (Å²) in [7, 11) is 0. The number of nitrogen functional groups attached to an aromatic ring is 1. The van der Waals surface area contributed by atoms with Crippen LogP contribution in [-0.2, 0) is 6.61 Å². The van der Waals surface area contributed by atoms with Gasteiger partial charge in [0.2, 0.25) is 0 Å². The molecule has 2 aromatic rings. The van der Waals surface area contributed by atoms with Crippen LogP contribution in [0.25, 0.3) is 0 Å². The molecule has 3 N–H and O–H groups in total. The second kappa shape index (κ2) is 6.44. The largest absolute Gasteiger partial charge is 0.480 e. The molecular weight excluding hydrogens is 276 g/mol. The Kier molecular flexibility index (Phi) is 4.42. The smallest absolute Gasteiger partial charge is 0.310 e. The molecule has 108 valence electrons. The number of pyridine rings is 1. The summed E-state index contributed by atoms with van der Waals surface area (Å²) < 4.78 is 5.39. The van der Waals surface area contributed by atoms with Crippen molar-refractivity contribution in [3.05, 3.63) is 64.0 Å². The predicted molar refractivity (Wildman–Crippen MR) is 73.3 cm³/mol. The zero-order valence-electron chi connectivity index (χ0n) is 10.9. The summed E-state index contributed by atoms with van der Waals surface area (Å²) in [5, 5.41) is 10.9. The third kappa shape index (κ3) is 3.51. The van der Waals surface area contributed by atoms with E-state index in [2.05, 4.69) is 4.98 Å². The molecule has 8 heteroatoms. The van der Waals surface area contributed by atoms with Crippen molar-refractivity contribution in [3.8, 4) is 5.75 Å². The summed E-state index contributed by atoms with van der Waals surface area (Å²) in [5.74, 6) is 4.64. The first kappa shape index (κ1) is 14.4. The molecule has 0 saturated carbocycles. The third-order valence-electron chi connectivity index (χ3n) is 2.61. The lowest BCUT2D eigenvalue weighted by Gasteiger charge is -2.07. The maximum absolute atomic E-state index is 11.4. The number of carbonyl (C=O) groups excluding carboxylic acids is 1. The summed E-state index contributed by atoms with van der Waals surface area (Å²) in [6.07, 6.45) is 0. The number of hydrazine groups is 1. The van der Waals surface area contributed by atoms with Gasteiger partial charge in [0.05, 0.1) is 10.6 Å². The number of nitrogens with zero attached hydrogens (tertiary/aromatic N) is 2. The number of nitro groups is 1. The van der Waals surface area contributed by atoms with Gasteiger partial charge in [0.15, 0.2) is 5.75 Å². The van der Waals surface area contributed by atoms with E-state index in [-0.39, 0.29) is 23.7 Å². The van der Waals surface area contributed by atoms with E-state index in [0.717, 1.165) is 0 Å². The van der Waals surface area contributed by atoms with E-state index in [9.17, 15) is 14.9 Å². The fourth-order valence-corrected chi connectivity index (χ4v) is 1.64. The van der Waals surface area contributed by atoms with Crippen LogP contribution in [0.1, 0.15) is 16.2 Å². The SMILES string of the molecule is NNC(=O)c1cccc(COc2ccccc2[N+](=O)[O-])n1. The Balaban J connectivity index is 2.14. The quantitative estimate of drug-likeness (QED) is 0.369. The Morgan fingerprint density at radius 1 is 1.29 bits per heavy atom. The number of nitro benzene ring substituents is 1. The molecule has 0 unspecified atom stereocenters. The number of para-hydroxylation sites is 2. The van der Waals surface area contributed by atoms with E-state index in [0.29, 0.717) is 5.69 Å². The lowest BCUT2D eigenvalue weighted by molar-refractivity contribution is -0.385.